The lowest BCUT2D eigenvalue weighted by Crippen LogP contribution is -2.22. The van der Waals surface area contributed by atoms with Crippen LogP contribution in [0.25, 0.3) is 11.0 Å². The number of fused-ring (bicyclic) bond motifs is 1. The van der Waals surface area contributed by atoms with Crippen molar-refractivity contribution >= 4 is 40.1 Å². The van der Waals surface area contributed by atoms with Crippen LogP contribution in [0.1, 0.15) is 16.1 Å². The lowest BCUT2D eigenvalue weighted by molar-refractivity contribution is 0.0925. The van der Waals surface area contributed by atoms with E-state index in [1.165, 1.54) is 0 Å². The third-order valence-electron chi connectivity index (χ3n) is 3.39. The number of para-hydroxylation sites is 1. The van der Waals surface area contributed by atoms with Gasteiger partial charge in [-0.2, -0.15) is 0 Å². The number of ether oxygens (including phenoxy) is 1. The molecule has 0 atom stereocenters. The minimum atomic E-state index is -0.311. The van der Waals surface area contributed by atoms with Crippen molar-refractivity contribution in [3.63, 3.8) is 0 Å². The van der Waals surface area contributed by atoms with Gasteiger partial charge in [0.05, 0.1) is 17.2 Å². The zero-order valence-electron chi connectivity index (χ0n) is 12.2. The third-order valence-corrected chi connectivity index (χ3v) is 4.13. The largest absolute Gasteiger partial charge is 0.493 e. The number of amides is 1. The van der Waals surface area contributed by atoms with E-state index in [0.717, 1.165) is 10.9 Å². The van der Waals surface area contributed by atoms with Crippen LogP contribution in [0.2, 0.25) is 10.0 Å². The van der Waals surface area contributed by atoms with Gasteiger partial charge in [-0.15, -0.1) is 0 Å². The first kappa shape index (κ1) is 15.7. The molecule has 0 radical (unpaired) electrons. The molecule has 2 aromatic carbocycles. The van der Waals surface area contributed by atoms with E-state index in [1.807, 2.05) is 12.1 Å². The quantitative estimate of drug-likeness (QED) is 0.743. The first-order valence-electron chi connectivity index (χ1n) is 6.87. The van der Waals surface area contributed by atoms with E-state index in [9.17, 15) is 4.79 Å². The van der Waals surface area contributed by atoms with Gasteiger partial charge >= 0.3 is 0 Å². The van der Waals surface area contributed by atoms with Crippen LogP contribution in [-0.4, -0.2) is 13.0 Å². The van der Waals surface area contributed by atoms with Crippen LogP contribution in [0.5, 0.6) is 5.75 Å². The Labute approximate surface area is 142 Å². The minimum Gasteiger partial charge on any atom is -0.493 e. The molecule has 118 valence electrons. The molecule has 4 nitrogen and oxygen atoms in total. The monoisotopic (exact) mass is 349 g/mol. The Morgan fingerprint density at radius 3 is 2.74 bits per heavy atom. The molecule has 1 heterocycles. The predicted octanol–water partition coefficient (Wildman–Crippen LogP) is 4.68. The average Bonchev–Trinajstić information content (AvgIpc) is 2.99. The van der Waals surface area contributed by atoms with E-state index < -0.39 is 0 Å². The Morgan fingerprint density at radius 1 is 1.17 bits per heavy atom. The molecule has 0 spiro atoms. The van der Waals surface area contributed by atoms with Gasteiger partial charge in [0.2, 0.25) is 0 Å². The van der Waals surface area contributed by atoms with E-state index in [2.05, 4.69) is 5.32 Å². The summed E-state index contributed by atoms with van der Waals surface area (Å²) in [6.07, 6.45) is 0. The van der Waals surface area contributed by atoms with Crippen molar-refractivity contribution < 1.29 is 13.9 Å². The van der Waals surface area contributed by atoms with Crippen LogP contribution < -0.4 is 10.1 Å². The number of nitrogens with one attached hydrogen (secondary N) is 1. The molecular weight excluding hydrogens is 337 g/mol. The molecule has 3 rings (SSSR count). The molecule has 6 heteroatoms. The Kier molecular flexibility index (Phi) is 4.46. The molecule has 1 amide bonds. The summed E-state index contributed by atoms with van der Waals surface area (Å²) in [5, 5.41) is 4.52. The number of methoxy groups -OCH3 is 1. The summed E-state index contributed by atoms with van der Waals surface area (Å²) in [6, 6.07) is 12.4. The third kappa shape index (κ3) is 3.28. The number of carbonyl (C=O) groups is 1. The normalized spacial score (nSPS) is 10.7. The van der Waals surface area contributed by atoms with Crippen LogP contribution in [-0.2, 0) is 6.54 Å². The second-order valence-electron chi connectivity index (χ2n) is 4.92. The zero-order chi connectivity index (χ0) is 16.4. The van der Waals surface area contributed by atoms with E-state index in [1.54, 1.807) is 37.4 Å². The maximum atomic E-state index is 12.2. The van der Waals surface area contributed by atoms with Crippen LogP contribution in [0.15, 0.2) is 46.9 Å². The number of hydrogen-bond donors (Lipinski definition) is 1. The van der Waals surface area contributed by atoms with E-state index in [-0.39, 0.29) is 11.7 Å². The lowest BCUT2D eigenvalue weighted by Gasteiger charge is -2.05. The van der Waals surface area contributed by atoms with Crippen molar-refractivity contribution in [2.45, 2.75) is 6.54 Å². The molecule has 0 aliphatic heterocycles. The van der Waals surface area contributed by atoms with Gasteiger partial charge in [0.15, 0.2) is 17.1 Å². The standard InChI is InChI=1S/C17H13Cl2NO3/c1-22-14-4-2-3-11-8-15(23-16(11)14)17(21)20-9-10-5-6-12(18)13(19)7-10/h2-8H,9H2,1H3,(H,20,21). The van der Waals surface area contributed by atoms with Gasteiger partial charge in [0, 0.05) is 11.9 Å². The molecule has 0 saturated carbocycles. The molecule has 0 bridgehead atoms. The van der Waals surface area contributed by atoms with Crippen LogP contribution >= 0.6 is 23.2 Å². The Balaban J connectivity index is 1.76. The number of carbonyl (C=O) groups excluding carboxylic acids is 1. The maximum absolute atomic E-state index is 12.2. The minimum absolute atomic E-state index is 0.226. The molecule has 23 heavy (non-hydrogen) atoms. The molecule has 1 aromatic heterocycles. The highest BCUT2D eigenvalue weighted by molar-refractivity contribution is 6.42. The molecule has 0 aliphatic carbocycles. The molecule has 0 saturated heterocycles. The Bertz CT molecular complexity index is 873. The van der Waals surface area contributed by atoms with E-state index in [0.29, 0.717) is 27.9 Å². The first-order chi connectivity index (χ1) is 11.1. The predicted molar refractivity (Wildman–Crippen MR) is 90.4 cm³/mol. The number of furan rings is 1. The summed E-state index contributed by atoms with van der Waals surface area (Å²) in [7, 11) is 1.56. The summed E-state index contributed by atoms with van der Waals surface area (Å²) in [5.74, 6) is 0.505. The van der Waals surface area contributed by atoms with Gasteiger partial charge in [-0.05, 0) is 29.8 Å². The number of benzene rings is 2. The van der Waals surface area contributed by atoms with Crippen molar-refractivity contribution in [3.8, 4) is 5.75 Å². The molecule has 0 fully saturated rings. The Morgan fingerprint density at radius 2 is 2.00 bits per heavy atom. The molecular formula is C17H13Cl2NO3. The van der Waals surface area contributed by atoms with Gasteiger partial charge in [-0.3, -0.25) is 4.79 Å². The van der Waals surface area contributed by atoms with Crippen molar-refractivity contribution in [1.29, 1.82) is 0 Å². The fourth-order valence-electron chi connectivity index (χ4n) is 2.23. The highest BCUT2D eigenvalue weighted by atomic mass is 35.5. The number of hydrogen-bond acceptors (Lipinski definition) is 3. The first-order valence-corrected chi connectivity index (χ1v) is 7.63. The van der Waals surface area contributed by atoms with Crippen LogP contribution in [0, 0.1) is 0 Å². The van der Waals surface area contributed by atoms with Crippen molar-refractivity contribution in [2.24, 2.45) is 0 Å². The molecule has 0 aliphatic rings. The fraction of sp³-hybridized carbons (Fsp3) is 0.118. The number of halogens is 2. The van der Waals surface area contributed by atoms with Gasteiger partial charge < -0.3 is 14.5 Å². The van der Waals surface area contributed by atoms with E-state index in [4.69, 9.17) is 32.4 Å². The highest BCUT2D eigenvalue weighted by Crippen LogP contribution is 2.28. The van der Waals surface area contributed by atoms with Crippen LogP contribution in [0.3, 0.4) is 0 Å². The van der Waals surface area contributed by atoms with Crippen molar-refractivity contribution in [3.05, 3.63) is 63.8 Å². The Hall–Kier alpha value is -2.17. The van der Waals surface area contributed by atoms with Gasteiger partial charge in [-0.1, -0.05) is 41.4 Å². The molecule has 0 unspecified atom stereocenters. The maximum Gasteiger partial charge on any atom is 0.287 e. The summed E-state index contributed by atoms with van der Waals surface area (Å²) in [4.78, 5) is 12.2. The van der Waals surface area contributed by atoms with Gasteiger partial charge in [0.25, 0.3) is 5.91 Å². The van der Waals surface area contributed by atoms with Gasteiger partial charge in [0.1, 0.15) is 0 Å². The molecule has 1 N–H and O–H groups in total. The fourth-order valence-corrected chi connectivity index (χ4v) is 2.55. The number of rotatable bonds is 4. The lowest BCUT2D eigenvalue weighted by atomic mass is 10.2. The smallest absolute Gasteiger partial charge is 0.287 e. The molecule has 3 aromatic rings. The zero-order valence-corrected chi connectivity index (χ0v) is 13.7. The van der Waals surface area contributed by atoms with Gasteiger partial charge in [-0.25, -0.2) is 0 Å². The second kappa shape index (κ2) is 6.52. The summed E-state index contributed by atoms with van der Waals surface area (Å²) in [6.45, 7) is 0.323. The summed E-state index contributed by atoms with van der Waals surface area (Å²) < 4.78 is 10.8. The van der Waals surface area contributed by atoms with Crippen molar-refractivity contribution in [1.82, 2.24) is 5.32 Å². The topological polar surface area (TPSA) is 51.5 Å². The average molecular weight is 350 g/mol. The highest BCUT2D eigenvalue weighted by Gasteiger charge is 2.14. The van der Waals surface area contributed by atoms with Crippen molar-refractivity contribution in [2.75, 3.05) is 7.11 Å². The summed E-state index contributed by atoms with van der Waals surface area (Å²) >= 11 is 11.8. The van der Waals surface area contributed by atoms with E-state index >= 15 is 0 Å². The second-order valence-corrected chi connectivity index (χ2v) is 5.73. The SMILES string of the molecule is COc1cccc2cc(C(=O)NCc3ccc(Cl)c(Cl)c3)oc12. The summed E-state index contributed by atoms with van der Waals surface area (Å²) in [5.41, 5.74) is 1.40. The van der Waals surface area contributed by atoms with Crippen LogP contribution in [0.4, 0.5) is 0 Å².